The van der Waals surface area contributed by atoms with Gasteiger partial charge in [-0.1, -0.05) is 19.1 Å². The molecule has 0 unspecified atom stereocenters. The van der Waals surface area contributed by atoms with Crippen LogP contribution < -0.4 is 4.74 Å². The minimum Gasteiger partial charge on any atom is -0.507 e. The first-order chi connectivity index (χ1) is 16.1. The number of benzene rings is 2. The number of aliphatic hydroxyl groups excluding tert-OH is 1. The Morgan fingerprint density at radius 3 is 2.50 bits per heavy atom. The number of aryl methyl sites for hydroxylation is 2. The molecule has 0 aliphatic carbocycles. The molecule has 1 aliphatic rings. The van der Waals surface area contributed by atoms with E-state index in [0.717, 1.165) is 24.1 Å². The van der Waals surface area contributed by atoms with Gasteiger partial charge in [-0.3, -0.25) is 9.59 Å². The Balaban J connectivity index is 2.14. The van der Waals surface area contributed by atoms with Gasteiger partial charge in [-0.05, 0) is 88.3 Å². The largest absolute Gasteiger partial charge is 0.507 e. The number of amides is 1. The predicted octanol–water partition coefficient (Wildman–Crippen LogP) is 4.17. The fourth-order valence-electron chi connectivity index (χ4n) is 4.14. The first kappa shape index (κ1) is 25.3. The lowest BCUT2D eigenvalue weighted by Gasteiger charge is -2.26. The van der Waals surface area contributed by atoms with Gasteiger partial charge in [0.15, 0.2) is 0 Å². The predicted molar refractivity (Wildman–Crippen MR) is 132 cm³/mol. The Morgan fingerprint density at radius 1 is 1.12 bits per heavy atom. The van der Waals surface area contributed by atoms with Crippen molar-refractivity contribution >= 4 is 17.4 Å². The van der Waals surface area contributed by atoms with Crippen LogP contribution in [0.15, 0.2) is 42.0 Å². The average Bonchev–Trinajstić information content (AvgIpc) is 3.04. The number of phenolic OH excluding ortho intramolecular Hbond substituents is 1. The van der Waals surface area contributed by atoms with Crippen molar-refractivity contribution in [1.29, 1.82) is 0 Å². The molecule has 1 fully saturated rings. The molecular formula is C27H34N2O5. The van der Waals surface area contributed by atoms with Gasteiger partial charge in [-0.2, -0.15) is 0 Å². The van der Waals surface area contributed by atoms with Crippen molar-refractivity contribution in [1.82, 2.24) is 9.80 Å². The van der Waals surface area contributed by atoms with Crippen molar-refractivity contribution in [2.45, 2.75) is 39.7 Å². The minimum absolute atomic E-state index is 0.0268. The zero-order valence-corrected chi connectivity index (χ0v) is 20.6. The molecule has 1 aliphatic heterocycles. The van der Waals surface area contributed by atoms with Gasteiger partial charge < -0.3 is 24.7 Å². The zero-order chi connectivity index (χ0) is 25.0. The van der Waals surface area contributed by atoms with Gasteiger partial charge in [0.05, 0.1) is 23.8 Å². The van der Waals surface area contributed by atoms with Crippen LogP contribution >= 0.6 is 0 Å². The molecule has 7 nitrogen and oxygen atoms in total. The highest BCUT2D eigenvalue weighted by Crippen LogP contribution is 2.42. The highest BCUT2D eigenvalue weighted by atomic mass is 16.5. The van der Waals surface area contributed by atoms with Gasteiger partial charge in [0.25, 0.3) is 11.7 Å². The summed E-state index contributed by atoms with van der Waals surface area (Å²) >= 11 is 0. The zero-order valence-electron chi connectivity index (χ0n) is 20.6. The van der Waals surface area contributed by atoms with Gasteiger partial charge >= 0.3 is 0 Å². The Kier molecular flexibility index (Phi) is 7.99. The van der Waals surface area contributed by atoms with E-state index >= 15 is 0 Å². The summed E-state index contributed by atoms with van der Waals surface area (Å²) in [5.41, 5.74) is 2.49. The van der Waals surface area contributed by atoms with E-state index in [1.54, 1.807) is 18.2 Å². The molecule has 0 aromatic heterocycles. The van der Waals surface area contributed by atoms with E-state index in [0.29, 0.717) is 30.9 Å². The molecule has 1 saturated heterocycles. The number of likely N-dealkylation sites (tertiary alicyclic amines) is 1. The first-order valence-electron chi connectivity index (χ1n) is 11.6. The summed E-state index contributed by atoms with van der Waals surface area (Å²) in [5.74, 6) is -1.30. The third-order valence-corrected chi connectivity index (χ3v) is 6.06. The second-order valence-electron chi connectivity index (χ2n) is 9.02. The van der Waals surface area contributed by atoms with Crippen LogP contribution in [0.25, 0.3) is 5.76 Å². The lowest BCUT2D eigenvalue weighted by Crippen LogP contribution is -2.32. The number of aliphatic hydroxyl groups is 1. The number of ether oxygens (including phenoxy) is 1. The summed E-state index contributed by atoms with van der Waals surface area (Å²) in [7, 11) is 3.89. The lowest BCUT2D eigenvalue weighted by atomic mass is 9.93. The minimum atomic E-state index is -0.784. The molecule has 0 radical (unpaired) electrons. The van der Waals surface area contributed by atoms with Crippen molar-refractivity contribution in [3.05, 3.63) is 64.2 Å². The number of phenols is 1. The SMILES string of the molecule is CCCOc1cccc([C@@H]2C(=C(O)c3cc(C)c(C)cc3O)C(=O)C(=O)N2CCCN(C)C)c1. The highest BCUT2D eigenvalue weighted by Gasteiger charge is 2.46. The Hall–Kier alpha value is -3.32. The maximum absolute atomic E-state index is 13.2. The van der Waals surface area contributed by atoms with Gasteiger partial charge in [-0.15, -0.1) is 0 Å². The molecule has 2 aromatic carbocycles. The molecule has 3 rings (SSSR count). The van der Waals surface area contributed by atoms with E-state index in [4.69, 9.17) is 4.74 Å². The molecule has 2 aromatic rings. The standard InChI is InChI=1S/C27H34N2O5/c1-6-13-34-20-10-7-9-19(16-20)24-23(25(31)21-14-17(2)18(3)15-22(21)30)26(32)27(33)29(24)12-8-11-28(4)5/h7,9-10,14-16,24,30-31H,6,8,11-13H2,1-5H3/t24-/m1/s1. The van der Waals surface area contributed by atoms with Crippen LogP contribution in [0.4, 0.5) is 0 Å². The van der Waals surface area contributed by atoms with Crippen LogP contribution in [0.1, 0.15) is 48.1 Å². The number of rotatable bonds is 9. The maximum Gasteiger partial charge on any atom is 0.295 e. The van der Waals surface area contributed by atoms with Crippen molar-refractivity contribution in [3.63, 3.8) is 0 Å². The number of ketones is 1. The fourth-order valence-corrected chi connectivity index (χ4v) is 4.14. The van der Waals surface area contributed by atoms with Crippen molar-refractivity contribution in [2.75, 3.05) is 33.8 Å². The summed E-state index contributed by atoms with van der Waals surface area (Å²) in [6.45, 7) is 7.36. The van der Waals surface area contributed by atoms with Gasteiger partial charge in [0.1, 0.15) is 17.3 Å². The Bertz CT molecular complexity index is 1110. The summed E-state index contributed by atoms with van der Waals surface area (Å²) in [6.07, 6.45) is 1.51. The van der Waals surface area contributed by atoms with E-state index in [2.05, 4.69) is 0 Å². The number of carbonyl (C=O) groups excluding carboxylic acids is 2. The molecule has 1 amide bonds. The normalized spacial score (nSPS) is 17.6. The van der Waals surface area contributed by atoms with Crippen molar-refractivity contribution in [2.24, 2.45) is 0 Å². The molecule has 34 heavy (non-hydrogen) atoms. The number of carbonyl (C=O) groups is 2. The number of aromatic hydroxyl groups is 1. The van der Waals surface area contributed by atoms with Crippen LogP contribution in [0.3, 0.4) is 0 Å². The third-order valence-electron chi connectivity index (χ3n) is 6.06. The van der Waals surface area contributed by atoms with E-state index in [9.17, 15) is 19.8 Å². The first-order valence-corrected chi connectivity index (χ1v) is 11.6. The Labute approximate surface area is 201 Å². The monoisotopic (exact) mass is 466 g/mol. The molecule has 0 spiro atoms. The summed E-state index contributed by atoms with van der Waals surface area (Å²) in [6, 6.07) is 9.66. The van der Waals surface area contributed by atoms with Gasteiger partial charge in [0, 0.05) is 6.54 Å². The summed E-state index contributed by atoms with van der Waals surface area (Å²) in [5, 5.41) is 21.8. The van der Waals surface area contributed by atoms with E-state index in [1.807, 2.05) is 58.0 Å². The van der Waals surface area contributed by atoms with Crippen molar-refractivity contribution in [3.8, 4) is 11.5 Å². The molecule has 2 N–H and O–H groups in total. The summed E-state index contributed by atoms with van der Waals surface area (Å²) < 4.78 is 5.77. The molecule has 0 bridgehead atoms. The van der Waals surface area contributed by atoms with Crippen LogP contribution in [0.2, 0.25) is 0 Å². The summed E-state index contributed by atoms with van der Waals surface area (Å²) in [4.78, 5) is 29.8. The topological polar surface area (TPSA) is 90.3 Å². The van der Waals surface area contributed by atoms with E-state index in [-0.39, 0.29) is 22.6 Å². The van der Waals surface area contributed by atoms with E-state index in [1.165, 1.54) is 4.90 Å². The number of hydrogen-bond acceptors (Lipinski definition) is 6. The smallest absolute Gasteiger partial charge is 0.295 e. The molecule has 0 saturated carbocycles. The quantitative estimate of drug-likeness (QED) is 0.328. The lowest BCUT2D eigenvalue weighted by molar-refractivity contribution is -0.139. The maximum atomic E-state index is 13.2. The molecular weight excluding hydrogens is 432 g/mol. The van der Waals surface area contributed by atoms with Crippen LogP contribution in [-0.4, -0.2) is 65.5 Å². The second-order valence-corrected chi connectivity index (χ2v) is 9.02. The molecule has 1 atom stereocenters. The van der Waals surface area contributed by atoms with Gasteiger partial charge in [0.2, 0.25) is 0 Å². The number of Topliss-reactive ketones (excluding diaryl/α,β-unsaturated/α-hetero) is 1. The molecule has 1 heterocycles. The number of nitrogens with zero attached hydrogens (tertiary/aromatic N) is 2. The molecule has 182 valence electrons. The van der Waals surface area contributed by atoms with Gasteiger partial charge in [-0.25, -0.2) is 0 Å². The number of hydrogen-bond donors (Lipinski definition) is 2. The molecule has 7 heteroatoms. The van der Waals surface area contributed by atoms with E-state index < -0.39 is 17.7 Å². The fraction of sp³-hybridized carbons (Fsp3) is 0.407. The van der Waals surface area contributed by atoms with Crippen LogP contribution in [0.5, 0.6) is 11.5 Å². The average molecular weight is 467 g/mol. The van der Waals surface area contributed by atoms with Crippen LogP contribution in [-0.2, 0) is 9.59 Å². The second kappa shape index (κ2) is 10.7. The van der Waals surface area contributed by atoms with Crippen LogP contribution in [0, 0.1) is 13.8 Å². The Morgan fingerprint density at radius 2 is 1.82 bits per heavy atom. The highest BCUT2D eigenvalue weighted by molar-refractivity contribution is 6.46. The third kappa shape index (κ3) is 5.25. The van der Waals surface area contributed by atoms with Crippen molar-refractivity contribution < 1.29 is 24.5 Å².